The van der Waals surface area contributed by atoms with Crippen LogP contribution in [-0.4, -0.2) is 43.3 Å². The van der Waals surface area contributed by atoms with Gasteiger partial charge < -0.3 is 10.0 Å². The van der Waals surface area contributed by atoms with Gasteiger partial charge in [-0.25, -0.2) is 9.59 Å². The fourth-order valence-electron chi connectivity index (χ4n) is 3.68. The van der Waals surface area contributed by atoms with E-state index in [1.807, 2.05) is 18.2 Å². The number of nitrogens with zero attached hydrogens (tertiary/aromatic N) is 4. The lowest BCUT2D eigenvalue weighted by Gasteiger charge is -2.31. The van der Waals surface area contributed by atoms with E-state index in [0.29, 0.717) is 13.1 Å². The highest BCUT2D eigenvalue weighted by Gasteiger charge is 2.28. The predicted molar refractivity (Wildman–Crippen MR) is 98.0 cm³/mol. The average molecular weight is 405 g/mol. The number of hydrogen-bond donors (Lipinski definition) is 1. The molecule has 0 bridgehead atoms. The van der Waals surface area contributed by atoms with Crippen molar-refractivity contribution in [3.8, 4) is 0 Å². The third kappa shape index (κ3) is 2.52. The summed E-state index contributed by atoms with van der Waals surface area (Å²) in [6.45, 7) is 0.839. The van der Waals surface area contributed by atoms with Gasteiger partial charge in [0.25, 0.3) is 0 Å². The van der Waals surface area contributed by atoms with Gasteiger partial charge in [-0.15, -0.1) is 0 Å². The Hall–Kier alpha value is -2.35. The predicted octanol–water partition coefficient (Wildman–Crippen LogP) is 2.97. The minimum Gasteiger partial charge on any atom is -0.465 e. The molecular formula is C17H17BrN4O3. The number of piperidine rings is 1. The Bertz CT molecular complexity index is 1060. The largest absolute Gasteiger partial charge is 0.465 e. The van der Waals surface area contributed by atoms with Crippen LogP contribution in [0.3, 0.4) is 0 Å². The van der Waals surface area contributed by atoms with Crippen molar-refractivity contribution < 1.29 is 9.90 Å². The molecule has 1 saturated heterocycles. The number of imidazole rings is 1. The third-order valence-electron chi connectivity index (χ3n) is 4.91. The zero-order chi connectivity index (χ0) is 17.7. The molecule has 0 spiro atoms. The first kappa shape index (κ1) is 16.1. The molecule has 8 heteroatoms. The highest BCUT2D eigenvalue weighted by atomic mass is 79.9. The van der Waals surface area contributed by atoms with Crippen molar-refractivity contribution in [2.45, 2.75) is 18.9 Å². The van der Waals surface area contributed by atoms with E-state index in [1.54, 1.807) is 22.4 Å². The van der Waals surface area contributed by atoms with Crippen LogP contribution in [0.25, 0.3) is 21.9 Å². The topological polar surface area (TPSA) is 80.4 Å². The summed E-state index contributed by atoms with van der Waals surface area (Å²) >= 11 is 3.48. The minimum atomic E-state index is -0.938. The van der Waals surface area contributed by atoms with E-state index in [4.69, 9.17) is 0 Å². The molecule has 130 valence electrons. The standard InChI is InChI=1S/C17H17BrN4O3/c1-20-14-8-19-13-5-4-10(18)7-12(13)15(14)22(16(20)23)11-3-2-6-21(9-11)17(24)25/h4-5,7-8,11H,2-3,6,9H2,1H3,(H,24,25)/t11-/m1/s1. The van der Waals surface area contributed by atoms with Crippen molar-refractivity contribution in [1.82, 2.24) is 19.0 Å². The van der Waals surface area contributed by atoms with Crippen LogP contribution in [0, 0.1) is 0 Å². The van der Waals surface area contributed by atoms with E-state index in [0.717, 1.165) is 39.3 Å². The van der Waals surface area contributed by atoms with Gasteiger partial charge in [0.1, 0.15) is 0 Å². The highest BCUT2D eigenvalue weighted by molar-refractivity contribution is 9.10. The summed E-state index contributed by atoms with van der Waals surface area (Å²) in [6.07, 6.45) is 2.29. The molecule has 2 aromatic heterocycles. The molecule has 7 nitrogen and oxygen atoms in total. The fourth-order valence-corrected chi connectivity index (χ4v) is 4.04. The van der Waals surface area contributed by atoms with Gasteiger partial charge >= 0.3 is 11.8 Å². The van der Waals surface area contributed by atoms with E-state index < -0.39 is 6.09 Å². The third-order valence-corrected chi connectivity index (χ3v) is 5.40. The summed E-state index contributed by atoms with van der Waals surface area (Å²) < 4.78 is 4.25. The summed E-state index contributed by atoms with van der Waals surface area (Å²) in [4.78, 5) is 30.1. The molecule has 25 heavy (non-hydrogen) atoms. The van der Waals surface area contributed by atoms with Gasteiger partial charge in [-0.1, -0.05) is 15.9 Å². The van der Waals surface area contributed by atoms with Crippen LogP contribution in [0.5, 0.6) is 0 Å². The van der Waals surface area contributed by atoms with Crippen molar-refractivity contribution in [2.75, 3.05) is 13.1 Å². The Morgan fingerprint density at radius 3 is 2.96 bits per heavy atom. The smallest absolute Gasteiger partial charge is 0.407 e. The van der Waals surface area contributed by atoms with Crippen molar-refractivity contribution in [2.24, 2.45) is 7.05 Å². The second-order valence-electron chi connectivity index (χ2n) is 6.39. The zero-order valence-corrected chi connectivity index (χ0v) is 15.2. The maximum Gasteiger partial charge on any atom is 0.407 e. The maximum absolute atomic E-state index is 12.9. The maximum atomic E-state index is 12.9. The number of fused-ring (bicyclic) bond motifs is 3. The van der Waals surface area contributed by atoms with Crippen molar-refractivity contribution in [3.63, 3.8) is 0 Å². The molecule has 1 aliphatic rings. The minimum absolute atomic E-state index is 0.137. The Balaban J connectivity index is 1.99. The lowest BCUT2D eigenvalue weighted by atomic mass is 10.1. The van der Waals surface area contributed by atoms with Crippen molar-refractivity contribution in [1.29, 1.82) is 0 Å². The van der Waals surface area contributed by atoms with Crippen LogP contribution in [0.2, 0.25) is 0 Å². The molecule has 1 N–H and O–H groups in total. The van der Waals surface area contributed by atoms with Crippen LogP contribution in [0.4, 0.5) is 4.79 Å². The fraction of sp³-hybridized carbons (Fsp3) is 0.353. The molecule has 1 atom stereocenters. The Labute approximate surface area is 151 Å². The van der Waals surface area contributed by atoms with E-state index in [9.17, 15) is 14.7 Å². The number of aromatic nitrogens is 3. The monoisotopic (exact) mass is 404 g/mol. The molecule has 1 aliphatic heterocycles. The number of halogens is 1. The molecular weight excluding hydrogens is 388 g/mol. The molecule has 3 heterocycles. The average Bonchev–Trinajstić information content (AvgIpc) is 2.86. The number of carbonyl (C=O) groups is 1. The van der Waals surface area contributed by atoms with Crippen LogP contribution < -0.4 is 5.69 Å². The van der Waals surface area contributed by atoms with Gasteiger partial charge in [0.05, 0.1) is 28.8 Å². The quantitative estimate of drug-likeness (QED) is 0.675. The molecule has 1 fully saturated rings. The molecule has 0 saturated carbocycles. The second-order valence-corrected chi connectivity index (χ2v) is 7.31. The molecule has 3 aromatic rings. The number of carboxylic acid groups (broad SMARTS) is 1. The number of likely N-dealkylation sites (tertiary alicyclic amines) is 1. The van der Waals surface area contributed by atoms with Gasteiger partial charge in [-0.2, -0.15) is 0 Å². The van der Waals surface area contributed by atoms with E-state index in [2.05, 4.69) is 20.9 Å². The number of rotatable bonds is 1. The molecule has 1 amide bonds. The van der Waals surface area contributed by atoms with Gasteiger partial charge in [-0.3, -0.25) is 14.1 Å². The number of benzene rings is 1. The van der Waals surface area contributed by atoms with Gasteiger partial charge in [0, 0.05) is 30.0 Å². The van der Waals surface area contributed by atoms with Crippen LogP contribution in [-0.2, 0) is 7.05 Å². The lowest BCUT2D eigenvalue weighted by Crippen LogP contribution is -2.42. The van der Waals surface area contributed by atoms with Crippen LogP contribution in [0.1, 0.15) is 18.9 Å². The highest BCUT2D eigenvalue weighted by Crippen LogP contribution is 2.30. The molecule has 0 aliphatic carbocycles. The summed E-state index contributed by atoms with van der Waals surface area (Å²) in [7, 11) is 1.73. The Kier molecular flexibility index (Phi) is 3.79. The van der Waals surface area contributed by atoms with E-state index >= 15 is 0 Å². The summed E-state index contributed by atoms with van der Waals surface area (Å²) in [5.41, 5.74) is 2.24. The number of pyridine rings is 1. The Morgan fingerprint density at radius 1 is 1.40 bits per heavy atom. The Morgan fingerprint density at radius 2 is 2.20 bits per heavy atom. The SMILES string of the molecule is Cn1c(=O)n([C@@H]2CCCN(C(=O)O)C2)c2c3cc(Br)ccc3ncc21. The molecule has 1 aromatic carbocycles. The zero-order valence-electron chi connectivity index (χ0n) is 13.6. The summed E-state index contributed by atoms with van der Waals surface area (Å²) in [6, 6.07) is 5.61. The normalized spacial score (nSPS) is 18.2. The molecule has 4 rings (SSSR count). The number of aryl methyl sites for hydroxylation is 1. The molecule has 0 unspecified atom stereocenters. The van der Waals surface area contributed by atoms with Crippen LogP contribution >= 0.6 is 15.9 Å². The first-order chi connectivity index (χ1) is 12.0. The van der Waals surface area contributed by atoms with Gasteiger partial charge in [-0.05, 0) is 31.0 Å². The summed E-state index contributed by atoms with van der Waals surface area (Å²) in [5, 5.41) is 10.2. The lowest BCUT2D eigenvalue weighted by molar-refractivity contribution is 0.121. The van der Waals surface area contributed by atoms with Crippen LogP contribution in [0.15, 0.2) is 33.7 Å². The number of amides is 1. The number of hydrogen-bond acceptors (Lipinski definition) is 3. The van der Waals surface area contributed by atoms with Gasteiger partial charge in [0.2, 0.25) is 0 Å². The van der Waals surface area contributed by atoms with E-state index in [1.165, 1.54) is 4.90 Å². The molecule has 0 radical (unpaired) electrons. The van der Waals surface area contributed by atoms with Crippen molar-refractivity contribution in [3.05, 3.63) is 39.4 Å². The van der Waals surface area contributed by atoms with Gasteiger partial charge in [0.15, 0.2) is 0 Å². The first-order valence-electron chi connectivity index (χ1n) is 8.10. The van der Waals surface area contributed by atoms with E-state index in [-0.39, 0.29) is 11.7 Å². The first-order valence-corrected chi connectivity index (χ1v) is 8.89. The summed E-state index contributed by atoms with van der Waals surface area (Å²) in [5.74, 6) is 0. The van der Waals surface area contributed by atoms with Crippen molar-refractivity contribution >= 4 is 44.0 Å². The second kappa shape index (κ2) is 5.87.